The molecule has 2 aliphatic carbocycles. The molecule has 2 aliphatic rings. The molecule has 0 spiro atoms. The molecule has 1 fully saturated rings. The van der Waals surface area contributed by atoms with Gasteiger partial charge in [0.25, 0.3) is 0 Å². The Labute approximate surface area is 206 Å². The first-order chi connectivity index (χ1) is 17.0. The molecule has 1 saturated carbocycles. The predicted molar refractivity (Wildman–Crippen MR) is 130 cm³/mol. The molecule has 1 aromatic heterocycles. The number of carbonyl (C=O) groups is 3. The van der Waals surface area contributed by atoms with Gasteiger partial charge in [0.2, 0.25) is 5.91 Å². The molecule has 0 radical (unpaired) electrons. The Morgan fingerprint density at radius 1 is 1.06 bits per heavy atom. The Morgan fingerprint density at radius 3 is 2.29 bits per heavy atom. The number of carbonyl (C=O) groups excluding carboxylic acids is 2. The molecule has 0 saturated heterocycles. The Morgan fingerprint density at radius 2 is 1.71 bits per heavy atom. The Bertz CT molecular complexity index is 1220. The van der Waals surface area contributed by atoms with E-state index >= 15 is 0 Å². The Hall–Kier alpha value is -3.72. The summed E-state index contributed by atoms with van der Waals surface area (Å²) in [5.41, 5.74) is 4.50. The van der Waals surface area contributed by atoms with E-state index in [-0.39, 0.29) is 36.6 Å². The van der Waals surface area contributed by atoms with Crippen molar-refractivity contribution < 1.29 is 24.2 Å². The monoisotopic (exact) mass is 491 g/mol. The van der Waals surface area contributed by atoms with Gasteiger partial charge in [0, 0.05) is 11.3 Å². The van der Waals surface area contributed by atoms with Gasteiger partial charge < -0.3 is 20.5 Å². The van der Waals surface area contributed by atoms with E-state index in [1.165, 1.54) is 16.7 Å². The molecule has 35 heavy (non-hydrogen) atoms. The highest BCUT2D eigenvalue weighted by Gasteiger charge is 2.35. The Kier molecular flexibility index (Phi) is 6.50. The summed E-state index contributed by atoms with van der Waals surface area (Å²) in [6.45, 7) is 0.280. The fourth-order valence-electron chi connectivity index (χ4n) is 4.70. The van der Waals surface area contributed by atoms with Crippen LogP contribution in [-0.2, 0) is 16.1 Å². The van der Waals surface area contributed by atoms with Crippen LogP contribution in [0.3, 0.4) is 0 Å². The number of benzene rings is 2. The van der Waals surface area contributed by atoms with E-state index in [1.54, 1.807) is 0 Å². The van der Waals surface area contributed by atoms with Crippen molar-refractivity contribution in [1.82, 2.24) is 15.6 Å². The maximum absolute atomic E-state index is 12.9. The van der Waals surface area contributed by atoms with Crippen molar-refractivity contribution in [1.29, 1.82) is 0 Å². The second-order valence-corrected chi connectivity index (χ2v) is 9.73. The molecule has 2 aromatic carbocycles. The lowest BCUT2D eigenvalue weighted by Gasteiger charge is -2.33. The molecular weight excluding hydrogens is 466 g/mol. The maximum atomic E-state index is 12.9. The molecular formula is C26H25N3O5S. The number of aromatic carboxylic acids is 1. The maximum Gasteiger partial charge on any atom is 0.407 e. The average Bonchev–Trinajstić information content (AvgIpc) is 3.43. The lowest BCUT2D eigenvalue weighted by Crippen LogP contribution is -2.52. The molecule has 3 aromatic rings. The summed E-state index contributed by atoms with van der Waals surface area (Å²) in [6.07, 6.45) is 2.08. The number of amides is 2. The van der Waals surface area contributed by atoms with Gasteiger partial charge in [0.05, 0.1) is 6.54 Å². The minimum Gasteiger partial charge on any atom is -0.476 e. The quantitative estimate of drug-likeness (QED) is 0.435. The van der Waals surface area contributed by atoms with Crippen LogP contribution in [0.2, 0.25) is 0 Å². The van der Waals surface area contributed by atoms with Crippen LogP contribution >= 0.6 is 11.3 Å². The first-order valence-corrected chi connectivity index (χ1v) is 12.5. The third-order valence-corrected chi connectivity index (χ3v) is 7.55. The zero-order valence-electron chi connectivity index (χ0n) is 18.9. The smallest absolute Gasteiger partial charge is 0.407 e. The molecule has 8 nitrogen and oxygen atoms in total. The van der Waals surface area contributed by atoms with Gasteiger partial charge in [-0.1, -0.05) is 55.0 Å². The first-order valence-electron chi connectivity index (χ1n) is 11.6. The second kappa shape index (κ2) is 9.87. The van der Waals surface area contributed by atoms with Gasteiger partial charge in [-0.3, -0.25) is 4.79 Å². The lowest BCUT2D eigenvalue weighted by atomic mass is 9.79. The molecule has 180 valence electrons. The zero-order chi connectivity index (χ0) is 24.4. The fourth-order valence-corrected chi connectivity index (χ4v) is 5.41. The fraction of sp³-hybridized carbons (Fsp3) is 0.308. The third-order valence-electron chi connectivity index (χ3n) is 6.71. The summed E-state index contributed by atoms with van der Waals surface area (Å²) in [7, 11) is 0. The van der Waals surface area contributed by atoms with E-state index < -0.39 is 18.1 Å². The standard InChI is InChI=1S/C26H25N3O5S/c30-24(27-12-22-28-21(14-35-22)25(31)32)23(15-6-5-7-15)29-26(33)34-13-20-18-10-3-1-8-16(18)17-9-2-4-11-19(17)20/h1-4,8-11,14-15,20,23H,5-7,12-13H2,(H,27,30)(H,29,33)(H,31,32). The van der Waals surface area contributed by atoms with Crippen molar-refractivity contribution in [2.45, 2.75) is 37.8 Å². The number of hydrogen-bond acceptors (Lipinski definition) is 6. The number of carboxylic acid groups (broad SMARTS) is 1. The van der Waals surface area contributed by atoms with E-state index in [1.807, 2.05) is 24.3 Å². The number of carboxylic acids is 1. The molecule has 3 N–H and O–H groups in total. The van der Waals surface area contributed by atoms with Crippen LogP contribution in [0.5, 0.6) is 0 Å². The van der Waals surface area contributed by atoms with Gasteiger partial charge in [0.15, 0.2) is 5.69 Å². The van der Waals surface area contributed by atoms with Crippen LogP contribution in [0, 0.1) is 5.92 Å². The van der Waals surface area contributed by atoms with Gasteiger partial charge in [-0.2, -0.15) is 0 Å². The second-order valence-electron chi connectivity index (χ2n) is 8.79. The van der Waals surface area contributed by atoms with Crippen LogP contribution in [0.25, 0.3) is 11.1 Å². The number of hydrogen-bond donors (Lipinski definition) is 3. The number of nitrogens with zero attached hydrogens (tertiary/aromatic N) is 1. The highest BCUT2D eigenvalue weighted by molar-refractivity contribution is 7.09. The van der Waals surface area contributed by atoms with Gasteiger partial charge in [0.1, 0.15) is 17.7 Å². The van der Waals surface area contributed by atoms with Crippen molar-refractivity contribution in [3.8, 4) is 11.1 Å². The number of aromatic nitrogens is 1. The van der Waals surface area contributed by atoms with Gasteiger partial charge >= 0.3 is 12.1 Å². The molecule has 2 amide bonds. The lowest BCUT2D eigenvalue weighted by molar-refractivity contribution is -0.125. The summed E-state index contributed by atoms with van der Waals surface area (Å²) in [5.74, 6) is -1.45. The summed E-state index contributed by atoms with van der Waals surface area (Å²) < 4.78 is 5.63. The predicted octanol–water partition coefficient (Wildman–Crippen LogP) is 4.16. The van der Waals surface area contributed by atoms with Crippen molar-refractivity contribution in [2.24, 2.45) is 5.92 Å². The summed E-state index contributed by atoms with van der Waals surface area (Å²) >= 11 is 1.17. The summed E-state index contributed by atoms with van der Waals surface area (Å²) in [4.78, 5) is 40.6. The minimum atomic E-state index is -1.11. The van der Waals surface area contributed by atoms with Gasteiger partial charge in [-0.25, -0.2) is 14.6 Å². The van der Waals surface area contributed by atoms with Crippen molar-refractivity contribution in [3.63, 3.8) is 0 Å². The summed E-state index contributed by atoms with van der Waals surface area (Å²) in [5, 5.41) is 16.5. The zero-order valence-corrected chi connectivity index (χ0v) is 19.7. The van der Waals surface area contributed by atoms with Crippen molar-refractivity contribution >= 4 is 29.3 Å². The van der Waals surface area contributed by atoms with Gasteiger partial charge in [-0.15, -0.1) is 11.3 Å². The number of rotatable bonds is 8. The molecule has 1 unspecified atom stereocenters. The normalized spacial score (nSPS) is 15.4. The highest BCUT2D eigenvalue weighted by atomic mass is 32.1. The number of thiazole rings is 1. The van der Waals surface area contributed by atoms with Crippen LogP contribution in [0.4, 0.5) is 4.79 Å². The van der Waals surface area contributed by atoms with E-state index in [4.69, 9.17) is 9.84 Å². The Balaban J connectivity index is 1.21. The average molecular weight is 492 g/mol. The van der Waals surface area contributed by atoms with E-state index in [0.29, 0.717) is 5.01 Å². The molecule has 9 heteroatoms. The highest BCUT2D eigenvalue weighted by Crippen LogP contribution is 2.44. The third kappa shape index (κ3) is 4.77. The summed E-state index contributed by atoms with van der Waals surface area (Å²) in [6, 6.07) is 15.5. The minimum absolute atomic E-state index is 0.0429. The topological polar surface area (TPSA) is 118 Å². The molecule has 0 bridgehead atoms. The largest absolute Gasteiger partial charge is 0.476 e. The molecule has 5 rings (SSSR count). The molecule has 1 heterocycles. The first kappa shape index (κ1) is 23.0. The number of nitrogens with one attached hydrogen (secondary N) is 2. The van der Waals surface area contributed by atoms with Gasteiger partial charge in [-0.05, 0) is 41.0 Å². The van der Waals surface area contributed by atoms with Crippen LogP contribution in [0.15, 0.2) is 53.9 Å². The van der Waals surface area contributed by atoms with Crippen LogP contribution in [-0.4, -0.2) is 40.7 Å². The molecule has 0 aliphatic heterocycles. The van der Waals surface area contributed by atoms with Crippen molar-refractivity contribution in [3.05, 3.63) is 75.7 Å². The van der Waals surface area contributed by atoms with E-state index in [2.05, 4.69) is 39.9 Å². The van der Waals surface area contributed by atoms with Crippen LogP contribution in [0.1, 0.15) is 51.8 Å². The number of alkyl carbamates (subject to hydrolysis) is 1. The van der Waals surface area contributed by atoms with E-state index in [0.717, 1.165) is 41.5 Å². The SMILES string of the molecule is O=C(NC(C(=O)NCc1nc(C(=O)O)cs1)C1CCC1)OCC1c2ccccc2-c2ccccc21. The van der Waals surface area contributed by atoms with E-state index in [9.17, 15) is 14.4 Å². The number of ether oxygens (including phenoxy) is 1. The molecule has 1 atom stereocenters. The van der Waals surface area contributed by atoms with Crippen LogP contribution < -0.4 is 10.6 Å². The number of fused-ring (bicyclic) bond motifs is 3. The van der Waals surface area contributed by atoms with Crippen molar-refractivity contribution in [2.75, 3.05) is 6.61 Å².